The Balaban J connectivity index is 0.00000348. The van der Waals surface area contributed by atoms with Crippen LogP contribution in [0.4, 0.5) is 5.13 Å². The number of aromatic nitrogens is 5. The van der Waals surface area contributed by atoms with Crippen molar-refractivity contribution in [3.8, 4) is 11.5 Å². The van der Waals surface area contributed by atoms with E-state index in [1.165, 1.54) is 34.2 Å². The number of Topliss-reactive ketones (excluding diaryl/α,β-unsaturated/α-hetero) is 1. The van der Waals surface area contributed by atoms with Gasteiger partial charge in [0.1, 0.15) is 12.2 Å². The van der Waals surface area contributed by atoms with E-state index in [-0.39, 0.29) is 99.3 Å². The van der Waals surface area contributed by atoms with Crippen LogP contribution in [-0.2, 0) is 24.0 Å². The number of ketones is 1. The normalized spacial score (nSPS) is 19.2. The number of benzene rings is 1. The number of phenolic OH excluding ortho intramolecular Hbond substituents is 2. The SMILES string of the molecule is Nc1nc(/C(=N/O[C@@H](CC(=O)O)C(=O)[O-])C(=O)C[C@@H]2C(=O)N3C(c4nnn[n-]4)=C(C[N+]4(CCNC(=O)c5ccc(O)c(O)c5Cl)CCCC4)CS[C@H]23)cs1.[Na+].[Na+]. The van der Waals surface area contributed by atoms with Gasteiger partial charge in [-0.2, -0.15) is 5.21 Å². The number of nitrogens with two attached hydrogens (primary N) is 1. The molecule has 286 valence electrons. The van der Waals surface area contributed by atoms with E-state index < -0.39 is 70.6 Å². The number of likely N-dealkylation sites (tertiary alicyclic amines) is 1. The number of rotatable bonds is 16. The number of tetrazole rings is 1. The molecule has 0 spiro atoms. The summed E-state index contributed by atoms with van der Waals surface area (Å²) < 4.78 is 0.579. The third kappa shape index (κ3) is 9.85. The molecule has 3 aliphatic rings. The van der Waals surface area contributed by atoms with Crippen molar-refractivity contribution in [1.29, 1.82) is 0 Å². The molecule has 6 N–H and O–H groups in total. The summed E-state index contributed by atoms with van der Waals surface area (Å²) in [5.74, 6) is -6.30. The second-order valence-corrected chi connectivity index (χ2v) is 15.1. The molecule has 0 unspecified atom stereocenters. The Labute approximate surface area is 375 Å². The quantitative estimate of drug-likeness (QED) is 0.0223. The van der Waals surface area contributed by atoms with Crippen molar-refractivity contribution in [2.24, 2.45) is 11.1 Å². The van der Waals surface area contributed by atoms with Crippen LogP contribution >= 0.6 is 34.7 Å². The average molecular weight is 850 g/mol. The molecule has 0 radical (unpaired) electrons. The Morgan fingerprint density at radius 1 is 1.21 bits per heavy atom. The Morgan fingerprint density at radius 2 is 1.95 bits per heavy atom. The minimum atomic E-state index is -2.00. The molecular weight excluding hydrogens is 818 g/mol. The van der Waals surface area contributed by atoms with Crippen LogP contribution in [0.1, 0.15) is 47.6 Å². The number of β-lactam (4-membered cyclic amide) rings is 1. The van der Waals surface area contributed by atoms with Gasteiger partial charge in [-0.25, -0.2) is 4.98 Å². The van der Waals surface area contributed by atoms with Crippen LogP contribution in [0.25, 0.3) is 5.70 Å². The summed E-state index contributed by atoms with van der Waals surface area (Å²) in [5.41, 5.74) is 6.57. The molecule has 3 aromatic rings. The number of nitrogens with one attached hydrogen (secondary N) is 1. The van der Waals surface area contributed by atoms with Crippen molar-refractivity contribution in [1.82, 2.24) is 35.8 Å². The summed E-state index contributed by atoms with van der Waals surface area (Å²) in [6.07, 6.45) is -1.48. The van der Waals surface area contributed by atoms with Gasteiger partial charge in [0.2, 0.25) is 5.91 Å². The number of halogens is 1. The number of fused-ring (bicyclic) bond motifs is 1. The number of carboxylic acid groups (broad SMARTS) is 2. The Hall–Kier alpha value is -3.32. The topological polar surface area (TPSA) is 298 Å². The predicted molar refractivity (Wildman–Crippen MR) is 188 cm³/mol. The molecular formula is C31H32ClN10Na2O10S2+. The number of aliphatic carboxylic acids is 2. The number of carboxylic acids is 2. The zero-order valence-corrected chi connectivity index (χ0v) is 36.5. The fourth-order valence-corrected chi connectivity index (χ4v) is 8.86. The molecule has 6 rings (SSSR count). The predicted octanol–water partition coefficient (Wildman–Crippen LogP) is -6.80. The van der Waals surface area contributed by atoms with Crippen LogP contribution in [0.2, 0.25) is 5.02 Å². The van der Waals surface area contributed by atoms with Crippen molar-refractivity contribution in [3.63, 3.8) is 0 Å². The molecule has 56 heavy (non-hydrogen) atoms. The van der Waals surface area contributed by atoms with Gasteiger partial charge < -0.3 is 50.7 Å². The second kappa shape index (κ2) is 19.4. The van der Waals surface area contributed by atoms with E-state index in [2.05, 4.69) is 36.1 Å². The monoisotopic (exact) mass is 849 g/mol. The van der Waals surface area contributed by atoms with Gasteiger partial charge in [0, 0.05) is 36.0 Å². The number of amides is 2. The Morgan fingerprint density at radius 3 is 2.57 bits per heavy atom. The fourth-order valence-electron chi connectivity index (χ4n) is 6.67. The molecule has 1 aromatic carbocycles. The first kappa shape index (κ1) is 45.4. The molecule has 2 fully saturated rings. The zero-order chi connectivity index (χ0) is 38.7. The number of carbonyl (C=O) groups is 5. The maximum atomic E-state index is 13.9. The number of nitrogens with zero attached hydrogens (tertiary/aromatic N) is 8. The number of carbonyl (C=O) groups excluding carboxylic acids is 4. The van der Waals surface area contributed by atoms with Crippen LogP contribution in [-0.4, -0.2) is 130 Å². The van der Waals surface area contributed by atoms with Crippen LogP contribution in [0.5, 0.6) is 11.5 Å². The Bertz CT molecular complexity index is 2050. The van der Waals surface area contributed by atoms with Gasteiger partial charge in [0.25, 0.3) is 5.91 Å². The number of thiazole rings is 1. The smallest absolute Gasteiger partial charge is 0.546 e. The summed E-state index contributed by atoms with van der Waals surface area (Å²) >= 11 is 8.49. The second-order valence-electron chi connectivity index (χ2n) is 12.7. The van der Waals surface area contributed by atoms with Crippen LogP contribution in [0, 0.1) is 5.92 Å². The number of quaternary nitrogens is 1. The molecule has 5 heterocycles. The minimum absolute atomic E-state index is 0. The zero-order valence-electron chi connectivity index (χ0n) is 30.1. The number of thioether (sulfide) groups is 1. The van der Waals surface area contributed by atoms with Crippen LogP contribution < -0.4 is 80.4 Å². The number of nitrogen functional groups attached to an aromatic ring is 1. The standard InChI is InChI=1S/C31H33ClN10O10S2.2Na/c32-22-15(3-4-18(43)25(22)47)27(48)34-5-8-42(6-1-2-7-42)11-14-12-53-29-16(28(49)41(29)24(14)26-36-39-40-37-26)9-19(44)23(17-13-54-31(33)35-17)38-52-20(30(50)51)10-21(45)46;;/h3-4,13,16,20,29H,1-2,5-12H2,(H7-,33,34,35,36,37,38,39,40,43,44,45,46,47,48,50,51);;/q;2*+1/p-1/t16-,20+,29-;;/m1../s1. The molecule has 3 aliphatic heterocycles. The van der Waals surface area contributed by atoms with Gasteiger partial charge in [-0.05, 0) is 12.1 Å². The average Bonchev–Trinajstić information content (AvgIpc) is 3.92. The maximum Gasteiger partial charge on any atom is 1.00 e. The van der Waals surface area contributed by atoms with E-state index in [1.807, 2.05) is 0 Å². The van der Waals surface area contributed by atoms with Crippen LogP contribution in [0.3, 0.4) is 0 Å². The van der Waals surface area contributed by atoms with Gasteiger partial charge in [-0.15, -0.1) is 23.1 Å². The molecule has 0 bridgehead atoms. The third-order valence-corrected chi connectivity index (χ3v) is 11.7. The molecule has 2 saturated heterocycles. The molecule has 20 nitrogen and oxygen atoms in total. The number of phenols is 2. The number of anilines is 1. The molecule has 25 heteroatoms. The summed E-state index contributed by atoms with van der Waals surface area (Å²) in [5, 5.41) is 62.6. The van der Waals surface area contributed by atoms with E-state index in [0.717, 1.165) is 42.8 Å². The number of hydrogen-bond acceptors (Lipinski definition) is 17. The van der Waals surface area contributed by atoms with E-state index in [4.69, 9.17) is 27.3 Å². The van der Waals surface area contributed by atoms with Crippen molar-refractivity contribution in [2.45, 2.75) is 37.2 Å². The first-order valence-corrected chi connectivity index (χ1v) is 18.7. The van der Waals surface area contributed by atoms with Crippen molar-refractivity contribution in [3.05, 3.63) is 45.2 Å². The molecule has 2 aromatic heterocycles. The summed E-state index contributed by atoms with van der Waals surface area (Å²) in [7, 11) is 0. The first-order chi connectivity index (χ1) is 25.8. The van der Waals surface area contributed by atoms with Gasteiger partial charge in [0.15, 0.2) is 34.2 Å². The number of hydrogen-bond donors (Lipinski definition) is 5. The summed E-state index contributed by atoms with van der Waals surface area (Å²) in [6, 6.07) is 2.49. The third-order valence-electron chi connectivity index (χ3n) is 9.27. The molecule has 2 amide bonds. The van der Waals surface area contributed by atoms with E-state index in [9.17, 15) is 39.3 Å². The maximum absolute atomic E-state index is 13.9. The van der Waals surface area contributed by atoms with Gasteiger partial charge in [-0.1, -0.05) is 16.8 Å². The van der Waals surface area contributed by atoms with Crippen LogP contribution in [0.15, 0.2) is 28.2 Å². The van der Waals surface area contributed by atoms with E-state index >= 15 is 0 Å². The number of aromatic hydroxyl groups is 2. The van der Waals surface area contributed by atoms with Gasteiger partial charge >= 0.3 is 65.1 Å². The molecule has 0 saturated carbocycles. The summed E-state index contributed by atoms with van der Waals surface area (Å²) in [4.78, 5) is 73.5. The fraction of sp³-hybridized carbons (Fsp3) is 0.419. The van der Waals surface area contributed by atoms with Crippen molar-refractivity contribution >= 4 is 80.8 Å². The minimum Gasteiger partial charge on any atom is -0.546 e. The van der Waals surface area contributed by atoms with Crippen molar-refractivity contribution in [2.75, 3.05) is 44.2 Å². The summed E-state index contributed by atoms with van der Waals surface area (Å²) in [6.45, 7) is 2.86. The van der Waals surface area contributed by atoms with E-state index in [0.29, 0.717) is 29.0 Å². The Kier molecular flexibility index (Phi) is 15.7. The van der Waals surface area contributed by atoms with Crippen molar-refractivity contribution < 1.29 is 113 Å². The first-order valence-electron chi connectivity index (χ1n) is 16.4. The molecule has 0 aliphatic carbocycles. The van der Waals surface area contributed by atoms with Gasteiger partial charge in [0.05, 0.1) is 72.0 Å². The number of oxime groups is 1. The van der Waals surface area contributed by atoms with Gasteiger partial charge in [-0.3, -0.25) is 34.4 Å². The molecule has 3 atom stereocenters. The largest absolute Gasteiger partial charge is 1.00 e. The van der Waals surface area contributed by atoms with E-state index in [1.54, 1.807) is 0 Å².